The molecule has 0 fully saturated rings. The molecule has 0 saturated heterocycles. The number of nitrogens with one attached hydrogen (secondary N) is 3. The molecule has 1 aromatic heterocycles. The Morgan fingerprint density at radius 1 is 0.410 bits per heavy atom. The number of carboxylic acid groups (broad SMARTS) is 9. The summed E-state index contributed by atoms with van der Waals surface area (Å²) < 4.78 is 0. The van der Waals surface area contributed by atoms with Crippen molar-refractivity contribution in [1.29, 1.82) is 0 Å². The van der Waals surface area contributed by atoms with Crippen molar-refractivity contribution in [2.75, 3.05) is 12.8 Å². The van der Waals surface area contributed by atoms with E-state index < -0.39 is 254 Å². The van der Waals surface area contributed by atoms with Crippen LogP contribution >= 0.6 is 21.6 Å². The number of carbonyl (C=O) groups is 13. The average Bonchev–Trinajstić information content (AvgIpc) is 3.36. The zero-order chi connectivity index (χ0) is 59.1. The molecule has 0 aliphatic rings. The second kappa shape index (κ2) is 34.7. The fraction of sp³-hybridized carbons (Fsp3) is 0.633. The van der Waals surface area contributed by atoms with Crippen molar-refractivity contribution in [3.63, 3.8) is 0 Å². The minimum Gasteiger partial charge on any atom is -0.481 e. The molecule has 1 rings (SSSR count). The van der Waals surface area contributed by atoms with Gasteiger partial charge in [-0.05, 0) is 100.0 Å². The van der Waals surface area contributed by atoms with Gasteiger partial charge in [-0.3, -0.25) is 62.3 Å². The Bertz CT molecular complexity index is 2050. The lowest BCUT2D eigenvalue weighted by molar-refractivity contribution is -0.145. The molecule has 1 heterocycles. The van der Waals surface area contributed by atoms with Crippen LogP contribution in [0.25, 0.3) is 0 Å². The molecule has 0 aliphatic heterocycles. The fourth-order valence-corrected chi connectivity index (χ4v) is 10.7. The summed E-state index contributed by atoms with van der Waals surface area (Å²) in [7, 11) is 3.66. The van der Waals surface area contributed by atoms with Gasteiger partial charge in [-0.2, -0.15) is 0 Å². The highest BCUT2D eigenvalue weighted by molar-refractivity contribution is 8.76. The summed E-state index contributed by atoms with van der Waals surface area (Å²) in [5, 5.41) is 95.1. The molecule has 0 aliphatic carbocycles. The number of hydrogen-bond acceptors (Lipinski definition) is 16. The first-order valence-electron chi connectivity index (χ1n) is 24.8. The number of carboxylic acids is 9. The molecule has 436 valence electrons. The van der Waals surface area contributed by atoms with Crippen LogP contribution in [0.3, 0.4) is 0 Å². The second-order valence-electron chi connectivity index (χ2n) is 19.0. The van der Waals surface area contributed by atoms with Crippen molar-refractivity contribution in [2.24, 2.45) is 0 Å². The highest BCUT2D eigenvalue weighted by atomic mass is 33.1. The molecule has 0 spiro atoms. The van der Waals surface area contributed by atoms with Crippen LogP contribution in [0.4, 0.5) is 0 Å². The van der Waals surface area contributed by atoms with Gasteiger partial charge in [0.25, 0.3) is 0 Å². The van der Waals surface area contributed by atoms with Gasteiger partial charge in [0, 0.05) is 125 Å². The molecule has 0 atom stereocenters. The highest BCUT2D eigenvalue weighted by Gasteiger charge is 2.42. The standard InChI is InChI=1S/C49H71N5O22S2/c1-54(49(27-14-43(71)72,28-15-44(73)74)29-16-45(75)76)36(58)7-20-46(53-34(57)17-31-77-78-35-4-2-3-30-50-35,18-5-32(55)51-47(21-8-37(59)60,22-9-38(61)62)23-10-39(63)64)19-6-33(56)52-48(24-11-40(65)66,25-12-41(67)68)26-13-42(69)70/h2-4,30H,5-29,31H2,1H3,(H,51,55)(H,52,56)(H,53,57)(H,59,60)(H,61,62)(H,63,64)(H,65,66)(H,67,68)(H,69,70)(H,71,72)(H,73,74)(H,75,76). The van der Waals surface area contributed by atoms with E-state index in [2.05, 4.69) is 20.9 Å². The molecule has 0 radical (unpaired) electrons. The van der Waals surface area contributed by atoms with Crippen LogP contribution in [0, 0.1) is 0 Å². The van der Waals surface area contributed by atoms with Crippen LogP contribution in [0.1, 0.15) is 161 Å². The average molecular weight is 1150 g/mol. The first-order valence-corrected chi connectivity index (χ1v) is 27.1. The fourth-order valence-electron chi connectivity index (χ4n) is 8.85. The van der Waals surface area contributed by atoms with Crippen molar-refractivity contribution in [1.82, 2.24) is 25.8 Å². The molecular weight excluding hydrogens is 1070 g/mol. The van der Waals surface area contributed by atoms with E-state index in [9.17, 15) is 108 Å². The lowest BCUT2D eigenvalue weighted by atomic mass is 9.80. The van der Waals surface area contributed by atoms with Crippen LogP contribution in [0.5, 0.6) is 0 Å². The van der Waals surface area contributed by atoms with E-state index in [1.165, 1.54) is 28.6 Å². The molecular formula is C49H71N5O22S2. The zero-order valence-electron chi connectivity index (χ0n) is 43.2. The van der Waals surface area contributed by atoms with E-state index >= 15 is 0 Å². The third-order valence-electron chi connectivity index (χ3n) is 13.3. The molecule has 1 aromatic rings. The lowest BCUT2D eigenvalue weighted by Gasteiger charge is -2.43. The van der Waals surface area contributed by atoms with Crippen LogP contribution in [0.15, 0.2) is 29.4 Å². The molecule has 78 heavy (non-hydrogen) atoms. The van der Waals surface area contributed by atoms with Gasteiger partial charge < -0.3 is 66.8 Å². The van der Waals surface area contributed by atoms with E-state index in [1.807, 2.05) is 0 Å². The van der Waals surface area contributed by atoms with Gasteiger partial charge in [-0.15, -0.1) is 0 Å². The minimum absolute atomic E-state index is 0.129. The third-order valence-corrected chi connectivity index (χ3v) is 15.6. The Kier molecular flexibility index (Phi) is 30.7. The monoisotopic (exact) mass is 1150 g/mol. The Balaban J connectivity index is 4.12. The summed E-state index contributed by atoms with van der Waals surface area (Å²) in [5.74, 6) is -15.5. The molecule has 0 bridgehead atoms. The lowest BCUT2D eigenvalue weighted by Crippen LogP contribution is -2.54. The summed E-state index contributed by atoms with van der Waals surface area (Å²) >= 11 is 0. The van der Waals surface area contributed by atoms with Gasteiger partial charge in [0.15, 0.2) is 0 Å². The predicted molar refractivity (Wildman–Crippen MR) is 275 cm³/mol. The summed E-state index contributed by atoms with van der Waals surface area (Å²) in [6.45, 7) is 0. The Labute approximate surface area is 456 Å². The van der Waals surface area contributed by atoms with Crippen molar-refractivity contribution < 1.29 is 108 Å². The van der Waals surface area contributed by atoms with Crippen molar-refractivity contribution in [3.8, 4) is 0 Å². The number of hydrogen-bond donors (Lipinski definition) is 12. The smallest absolute Gasteiger partial charge is 0.303 e. The maximum absolute atomic E-state index is 14.5. The maximum atomic E-state index is 14.5. The Hall–Kier alpha value is -7.04. The van der Waals surface area contributed by atoms with Crippen LogP contribution < -0.4 is 16.0 Å². The third kappa shape index (κ3) is 28.9. The number of rotatable bonds is 45. The van der Waals surface area contributed by atoms with Crippen molar-refractivity contribution in [2.45, 2.75) is 188 Å². The van der Waals surface area contributed by atoms with Crippen LogP contribution in [-0.4, -0.2) is 168 Å². The Morgan fingerprint density at radius 3 is 0.987 bits per heavy atom. The van der Waals surface area contributed by atoms with E-state index in [-0.39, 0.29) is 12.2 Å². The largest absolute Gasteiger partial charge is 0.481 e. The summed E-state index contributed by atoms with van der Waals surface area (Å²) in [6.07, 6.45) is -11.5. The minimum atomic E-state index is -1.84. The van der Waals surface area contributed by atoms with Crippen molar-refractivity contribution >= 4 is 98.9 Å². The van der Waals surface area contributed by atoms with Crippen LogP contribution in [0.2, 0.25) is 0 Å². The van der Waals surface area contributed by atoms with E-state index in [1.54, 1.807) is 24.4 Å². The molecule has 12 N–H and O–H groups in total. The molecule has 4 amide bonds. The number of aliphatic carboxylic acids is 9. The second-order valence-corrected chi connectivity index (χ2v) is 21.5. The number of carbonyl (C=O) groups excluding carboxylic acids is 4. The molecule has 0 unspecified atom stereocenters. The van der Waals surface area contributed by atoms with Gasteiger partial charge in [-0.1, -0.05) is 16.9 Å². The summed E-state index contributed by atoms with van der Waals surface area (Å²) in [6, 6.07) is 5.14. The first kappa shape index (κ1) is 69.0. The van der Waals surface area contributed by atoms with Crippen molar-refractivity contribution in [3.05, 3.63) is 24.4 Å². The van der Waals surface area contributed by atoms with Gasteiger partial charge in [0.05, 0.1) is 0 Å². The first-order chi connectivity index (χ1) is 36.5. The van der Waals surface area contributed by atoms with E-state index in [0.29, 0.717) is 5.03 Å². The molecule has 0 saturated carbocycles. The summed E-state index contributed by atoms with van der Waals surface area (Å²) in [4.78, 5) is 169. The quantitative estimate of drug-likeness (QED) is 0.0323. The summed E-state index contributed by atoms with van der Waals surface area (Å²) in [5.41, 5.74) is -6.98. The normalized spacial score (nSPS) is 11.7. The van der Waals surface area contributed by atoms with E-state index in [0.717, 1.165) is 4.90 Å². The topological polar surface area (TPSA) is 456 Å². The number of nitrogens with zero attached hydrogens (tertiary/aromatic N) is 2. The number of aromatic nitrogens is 1. The van der Waals surface area contributed by atoms with Gasteiger partial charge >= 0.3 is 53.7 Å². The SMILES string of the molecule is CN(C(=O)CCC(CCC(=O)NC(CCC(=O)O)(CCC(=O)O)CCC(=O)O)(CCC(=O)NC(CCC(=O)O)(CCC(=O)O)CCC(=O)O)NC(=O)CCSSc1ccccn1)C(CCC(=O)O)(CCC(=O)O)CCC(=O)O. The Morgan fingerprint density at radius 2 is 0.692 bits per heavy atom. The predicted octanol–water partition coefficient (Wildman–Crippen LogP) is 4.10. The van der Waals surface area contributed by atoms with Gasteiger partial charge in [0.2, 0.25) is 23.6 Å². The van der Waals surface area contributed by atoms with Crippen LogP contribution in [-0.2, 0) is 62.3 Å². The van der Waals surface area contributed by atoms with E-state index in [4.69, 9.17) is 0 Å². The highest BCUT2D eigenvalue weighted by Crippen LogP contribution is 2.36. The zero-order valence-corrected chi connectivity index (χ0v) is 44.9. The molecule has 27 nitrogen and oxygen atoms in total. The maximum Gasteiger partial charge on any atom is 0.303 e. The molecule has 0 aromatic carbocycles. The van der Waals surface area contributed by atoms with Gasteiger partial charge in [-0.25, -0.2) is 4.98 Å². The van der Waals surface area contributed by atoms with Gasteiger partial charge in [0.1, 0.15) is 5.03 Å². The molecule has 29 heteroatoms. The number of pyridine rings is 1. The number of amides is 4.